The van der Waals surface area contributed by atoms with Crippen molar-refractivity contribution in [2.24, 2.45) is 0 Å². The number of aryl methyl sites for hydroxylation is 1. The van der Waals surface area contributed by atoms with Crippen molar-refractivity contribution in [3.05, 3.63) is 59.0 Å². The number of fused-ring (bicyclic) bond motifs is 2. The zero-order chi connectivity index (χ0) is 14.4. The minimum Gasteiger partial charge on any atom is -0.286 e. The van der Waals surface area contributed by atoms with Crippen molar-refractivity contribution in [2.45, 2.75) is 13.5 Å². The maximum absolute atomic E-state index is 12.1. The predicted molar refractivity (Wildman–Crippen MR) is 86.4 cm³/mol. The molecule has 1 aliphatic heterocycles. The van der Waals surface area contributed by atoms with Crippen LogP contribution in [0.25, 0.3) is 10.1 Å². The van der Waals surface area contributed by atoms with Crippen molar-refractivity contribution in [1.29, 1.82) is 0 Å². The van der Waals surface area contributed by atoms with Crippen LogP contribution in [0.2, 0.25) is 0 Å². The van der Waals surface area contributed by atoms with E-state index in [4.69, 9.17) is 0 Å². The van der Waals surface area contributed by atoms with Crippen molar-refractivity contribution < 1.29 is 4.79 Å². The maximum atomic E-state index is 12.1. The van der Waals surface area contributed by atoms with Crippen molar-refractivity contribution in [3.8, 4) is 0 Å². The van der Waals surface area contributed by atoms with Crippen LogP contribution in [0.1, 0.15) is 11.1 Å². The van der Waals surface area contributed by atoms with Crippen LogP contribution in [0.15, 0.2) is 47.8 Å². The van der Waals surface area contributed by atoms with E-state index in [-0.39, 0.29) is 6.03 Å². The molecule has 4 rings (SSSR count). The smallest absolute Gasteiger partial charge is 0.286 e. The number of rotatable bonds is 2. The molecule has 0 fully saturated rings. The molecule has 2 amide bonds. The average Bonchev–Trinajstić information content (AvgIpc) is 3.03. The predicted octanol–water partition coefficient (Wildman–Crippen LogP) is 4.59. The Hall–Kier alpha value is -2.33. The molecule has 3 nitrogen and oxygen atoms in total. The van der Waals surface area contributed by atoms with Crippen molar-refractivity contribution in [1.82, 2.24) is 5.32 Å². The highest BCUT2D eigenvalue weighted by atomic mass is 32.1. The number of anilines is 1. The largest absolute Gasteiger partial charge is 0.349 e. The van der Waals surface area contributed by atoms with E-state index in [9.17, 15) is 4.79 Å². The number of hydrogen-bond donors (Lipinski definition) is 0. The summed E-state index contributed by atoms with van der Waals surface area (Å²) in [7, 11) is 0. The van der Waals surface area contributed by atoms with Gasteiger partial charge in [-0.3, -0.25) is 4.90 Å². The van der Waals surface area contributed by atoms with E-state index < -0.39 is 0 Å². The molecule has 1 radical (unpaired) electrons. The number of para-hydroxylation sites is 2. The van der Waals surface area contributed by atoms with Gasteiger partial charge >= 0.3 is 6.03 Å². The van der Waals surface area contributed by atoms with Gasteiger partial charge in [-0.25, -0.2) is 4.79 Å². The second-order valence-corrected chi connectivity index (χ2v) is 6.09. The lowest BCUT2D eigenvalue weighted by Gasteiger charge is -2.15. The first-order valence-electron chi connectivity index (χ1n) is 6.82. The maximum Gasteiger partial charge on any atom is 0.349 e. The van der Waals surface area contributed by atoms with Gasteiger partial charge in [0.15, 0.2) is 0 Å². The number of hydrogen-bond acceptors (Lipinski definition) is 2. The molecular weight excluding hydrogens is 280 g/mol. The molecule has 2 aromatic carbocycles. The fraction of sp³-hybridized carbons (Fsp3) is 0.118. The van der Waals surface area contributed by atoms with Gasteiger partial charge in [0.1, 0.15) is 0 Å². The quantitative estimate of drug-likeness (QED) is 0.680. The summed E-state index contributed by atoms with van der Waals surface area (Å²) < 4.78 is 1.27. The molecule has 0 N–H and O–H groups in total. The fourth-order valence-corrected chi connectivity index (χ4v) is 3.87. The summed E-state index contributed by atoms with van der Waals surface area (Å²) >= 11 is 1.73. The molecule has 0 atom stereocenters. The van der Waals surface area contributed by atoms with Crippen LogP contribution in [-0.4, -0.2) is 6.03 Å². The van der Waals surface area contributed by atoms with E-state index in [0.29, 0.717) is 6.54 Å². The lowest BCUT2D eigenvalue weighted by atomic mass is 10.1. The summed E-state index contributed by atoms with van der Waals surface area (Å²) in [4.78, 5) is 13.9. The number of carbonyl (C=O) groups excluding carboxylic acids is 1. The highest BCUT2D eigenvalue weighted by Gasteiger charge is 2.28. The van der Waals surface area contributed by atoms with Gasteiger partial charge in [0.05, 0.1) is 17.9 Å². The molecule has 0 saturated heterocycles. The van der Waals surface area contributed by atoms with Crippen molar-refractivity contribution in [3.63, 3.8) is 0 Å². The Morgan fingerprint density at radius 2 is 2.00 bits per heavy atom. The normalized spacial score (nSPS) is 13.6. The van der Waals surface area contributed by atoms with Crippen LogP contribution >= 0.6 is 11.3 Å². The van der Waals surface area contributed by atoms with Gasteiger partial charge in [-0.1, -0.05) is 24.3 Å². The molecule has 2 heterocycles. The van der Waals surface area contributed by atoms with E-state index in [1.54, 1.807) is 16.2 Å². The summed E-state index contributed by atoms with van der Waals surface area (Å²) in [5, 5.41) is 7.52. The summed E-state index contributed by atoms with van der Waals surface area (Å²) in [6.07, 6.45) is 0. The Kier molecular flexibility index (Phi) is 2.72. The van der Waals surface area contributed by atoms with Crippen molar-refractivity contribution >= 4 is 38.8 Å². The monoisotopic (exact) mass is 293 g/mol. The Morgan fingerprint density at radius 1 is 1.14 bits per heavy atom. The van der Waals surface area contributed by atoms with Gasteiger partial charge in [-0.15, -0.1) is 11.3 Å². The summed E-state index contributed by atoms with van der Waals surface area (Å²) in [5.74, 6) is 0. The minimum atomic E-state index is -0.177. The molecule has 21 heavy (non-hydrogen) atoms. The van der Waals surface area contributed by atoms with Crippen LogP contribution in [0, 0.1) is 6.92 Å². The highest BCUT2D eigenvalue weighted by molar-refractivity contribution is 7.17. The first-order valence-corrected chi connectivity index (χ1v) is 7.70. The second kappa shape index (κ2) is 4.60. The molecule has 0 saturated carbocycles. The highest BCUT2D eigenvalue weighted by Crippen LogP contribution is 2.36. The first-order chi connectivity index (χ1) is 10.2. The SMILES string of the molecule is Cc1cccc2scc(CN3C(=O)[N]c4ccccc43)c12. The van der Waals surface area contributed by atoms with E-state index in [1.807, 2.05) is 24.3 Å². The van der Waals surface area contributed by atoms with Crippen LogP contribution in [0.3, 0.4) is 0 Å². The van der Waals surface area contributed by atoms with Gasteiger partial charge < -0.3 is 0 Å². The first kappa shape index (κ1) is 12.4. The van der Waals surface area contributed by atoms with Crippen molar-refractivity contribution in [2.75, 3.05) is 4.90 Å². The summed E-state index contributed by atoms with van der Waals surface area (Å²) in [6, 6.07) is 13.8. The molecule has 0 unspecified atom stereocenters. The molecule has 103 valence electrons. The van der Waals surface area contributed by atoms with E-state index in [0.717, 1.165) is 11.4 Å². The zero-order valence-corrected chi connectivity index (χ0v) is 12.4. The number of thiophene rings is 1. The molecule has 0 bridgehead atoms. The molecule has 4 heteroatoms. The zero-order valence-electron chi connectivity index (χ0n) is 11.5. The molecule has 1 aliphatic rings. The third kappa shape index (κ3) is 1.91. The third-order valence-corrected chi connectivity index (χ3v) is 4.83. The van der Waals surface area contributed by atoms with E-state index >= 15 is 0 Å². The van der Waals surface area contributed by atoms with Gasteiger partial charge in [-0.2, -0.15) is 5.32 Å². The number of carbonyl (C=O) groups is 1. The van der Waals surface area contributed by atoms with Gasteiger partial charge in [-0.05, 0) is 41.6 Å². The van der Waals surface area contributed by atoms with Crippen LogP contribution in [0.4, 0.5) is 16.2 Å². The number of amides is 2. The standard InChI is InChI=1S/C17H13N2OS/c1-11-5-4-8-15-16(11)12(10-21-15)9-19-14-7-3-2-6-13(14)18-17(19)20/h2-8,10H,9H2,1H3. The Morgan fingerprint density at radius 3 is 2.90 bits per heavy atom. The fourth-order valence-electron chi connectivity index (χ4n) is 2.84. The Balaban J connectivity index is 1.77. The van der Waals surface area contributed by atoms with Gasteiger partial charge in [0, 0.05) is 10.1 Å². The van der Waals surface area contributed by atoms with Crippen LogP contribution < -0.4 is 10.2 Å². The van der Waals surface area contributed by atoms with E-state index in [1.165, 1.54) is 21.2 Å². The average molecular weight is 293 g/mol. The lowest BCUT2D eigenvalue weighted by molar-refractivity contribution is 0.250. The lowest BCUT2D eigenvalue weighted by Crippen LogP contribution is -2.27. The topological polar surface area (TPSA) is 34.4 Å². The number of urea groups is 1. The summed E-state index contributed by atoms with van der Waals surface area (Å²) in [6.45, 7) is 2.69. The summed E-state index contributed by atoms with van der Waals surface area (Å²) in [5.41, 5.74) is 4.10. The van der Waals surface area contributed by atoms with E-state index in [2.05, 4.69) is 35.8 Å². The molecule has 3 aromatic rings. The number of nitrogens with zero attached hydrogens (tertiary/aromatic N) is 2. The third-order valence-electron chi connectivity index (χ3n) is 3.83. The Bertz CT molecular complexity index is 853. The van der Waals surface area contributed by atoms with Crippen LogP contribution in [-0.2, 0) is 6.54 Å². The molecular formula is C17H13N2OS. The molecule has 0 spiro atoms. The van der Waals surface area contributed by atoms with Crippen LogP contribution in [0.5, 0.6) is 0 Å². The Labute approximate surface area is 126 Å². The second-order valence-electron chi connectivity index (χ2n) is 5.18. The molecule has 1 aromatic heterocycles. The van der Waals surface area contributed by atoms with Gasteiger partial charge in [0.2, 0.25) is 0 Å². The number of benzene rings is 2. The molecule has 0 aliphatic carbocycles. The minimum absolute atomic E-state index is 0.177. The van der Waals surface area contributed by atoms with Gasteiger partial charge in [0.25, 0.3) is 0 Å².